The minimum absolute atomic E-state index is 0.401. The van der Waals surface area contributed by atoms with Crippen molar-refractivity contribution in [1.29, 1.82) is 0 Å². The Hall–Kier alpha value is -3.17. The van der Waals surface area contributed by atoms with E-state index in [1.165, 1.54) is 17.7 Å². The number of aromatic nitrogens is 1. The van der Waals surface area contributed by atoms with Gasteiger partial charge in [-0.1, -0.05) is 55.1 Å². The van der Waals surface area contributed by atoms with Crippen LogP contribution in [0.1, 0.15) is 35.7 Å². The summed E-state index contributed by atoms with van der Waals surface area (Å²) in [6.07, 6.45) is 10.2. The van der Waals surface area contributed by atoms with Gasteiger partial charge in [-0.3, -0.25) is 4.98 Å². The summed E-state index contributed by atoms with van der Waals surface area (Å²) in [4.78, 5) is 6.71. The van der Waals surface area contributed by atoms with E-state index in [0.717, 1.165) is 52.2 Å². The molecule has 0 N–H and O–H groups in total. The standard InChI is InChI=1S/C27H24ClFN2/c1-5-20(29)15-21(6-2)31-18(4)23(22-11-7-9-17(3)26(22)28)16-24-25(31)13-12-19-10-8-14-30-27(19)24/h5-11,14-16H,1,4,12-13H2,2-3H3/b20-15+,21-6+. The lowest BCUT2D eigenvalue weighted by Crippen LogP contribution is -2.28. The molecule has 0 amide bonds. The minimum atomic E-state index is -0.401. The summed E-state index contributed by atoms with van der Waals surface area (Å²) in [7, 11) is 0. The Morgan fingerprint density at radius 3 is 2.77 bits per heavy atom. The second-order valence-corrected chi connectivity index (χ2v) is 7.97. The van der Waals surface area contributed by atoms with Crippen LogP contribution in [0.15, 0.2) is 96.9 Å². The monoisotopic (exact) mass is 430 g/mol. The molecule has 0 saturated carbocycles. The van der Waals surface area contributed by atoms with Crippen LogP contribution in [0.5, 0.6) is 0 Å². The molecule has 4 heteroatoms. The molecule has 2 aromatic rings. The average Bonchev–Trinajstić information content (AvgIpc) is 2.79. The Morgan fingerprint density at radius 1 is 1.23 bits per heavy atom. The van der Waals surface area contributed by atoms with Crippen LogP contribution in [0.3, 0.4) is 0 Å². The van der Waals surface area contributed by atoms with Crippen molar-refractivity contribution < 1.29 is 4.39 Å². The largest absolute Gasteiger partial charge is 0.314 e. The summed E-state index contributed by atoms with van der Waals surface area (Å²) in [6, 6.07) is 10.0. The van der Waals surface area contributed by atoms with Gasteiger partial charge < -0.3 is 4.90 Å². The fourth-order valence-electron chi connectivity index (χ4n) is 4.18. The molecule has 2 heterocycles. The highest BCUT2D eigenvalue weighted by molar-refractivity contribution is 6.33. The zero-order chi connectivity index (χ0) is 22.1. The molecule has 0 spiro atoms. The molecule has 1 aromatic carbocycles. The lowest BCUT2D eigenvalue weighted by Gasteiger charge is -2.38. The molecule has 2 aliphatic rings. The van der Waals surface area contributed by atoms with Crippen molar-refractivity contribution in [3.8, 4) is 0 Å². The maximum absolute atomic E-state index is 14.2. The molecular formula is C27H24ClFN2. The van der Waals surface area contributed by atoms with Crippen LogP contribution in [0.2, 0.25) is 5.02 Å². The number of rotatable bonds is 4. The highest BCUT2D eigenvalue weighted by Crippen LogP contribution is 2.46. The first-order chi connectivity index (χ1) is 15.0. The molecule has 0 saturated heterocycles. The van der Waals surface area contributed by atoms with E-state index in [0.29, 0.717) is 10.7 Å². The minimum Gasteiger partial charge on any atom is -0.314 e. The number of hydrogen-bond donors (Lipinski definition) is 0. The summed E-state index contributed by atoms with van der Waals surface area (Å²) >= 11 is 6.70. The van der Waals surface area contributed by atoms with E-state index in [1.54, 1.807) is 0 Å². The predicted molar refractivity (Wildman–Crippen MR) is 128 cm³/mol. The average molecular weight is 431 g/mol. The third-order valence-corrected chi connectivity index (χ3v) is 6.25. The van der Waals surface area contributed by atoms with E-state index in [-0.39, 0.29) is 0 Å². The van der Waals surface area contributed by atoms with Gasteiger partial charge in [-0.25, -0.2) is 4.39 Å². The molecule has 1 aromatic heterocycles. The van der Waals surface area contributed by atoms with Crippen LogP contribution in [-0.4, -0.2) is 9.88 Å². The Kier molecular flexibility index (Phi) is 5.79. The van der Waals surface area contributed by atoms with Gasteiger partial charge in [-0.05, 0) is 62.1 Å². The molecule has 4 rings (SSSR count). The van der Waals surface area contributed by atoms with Crippen molar-refractivity contribution in [3.63, 3.8) is 0 Å². The van der Waals surface area contributed by atoms with Gasteiger partial charge in [0.2, 0.25) is 0 Å². The Bertz CT molecular complexity index is 1210. The highest BCUT2D eigenvalue weighted by Gasteiger charge is 2.32. The number of fused-ring (bicyclic) bond motifs is 2. The summed E-state index contributed by atoms with van der Waals surface area (Å²) in [5, 5.41) is 0.686. The van der Waals surface area contributed by atoms with Gasteiger partial charge in [-0.15, -0.1) is 0 Å². The van der Waals surface area contributed by atoms with Gasteiger partial charge >= 0.3 is 0 Å². The fourth-order valence-corrected chi connectivity index (χ4v) is 4.41. The van der Waals surface area contributed by atoms with E-state index in [1.807, 2.05) is 55.3 Å². The number of halogens is 2. The quantitative estimate of drug-likeness (QED) is 0.465. The van der Waals surface area contributed by atoms with Gasteiger partial charge in [0.25, 0.3) is 0 Å². The van der Waals surface area contributed by atoms with E-state index in [9.17, 15) is 4.39 Å². The summed E-state index contributed by atoms with van der Waals surface area (Å²) in [6.45, 7) is 11.8. The van der Waals surface area contributed by atoms with Crippen molar-refractivity contribution >= 4 is 22.7 Å². The van der Waals surface area contributed by atoms with Crippen LogP contribution >= 0.6 is 11.6 Å². The molecule has 2 nitrogen and oxygen atoms in total. The number of benzene rings is 1. The van der Waals surface area contributed by atoms with Crippen molar-refractivity contribution in [3.05, 3.63) is 124 Å². The second-order valence-electron chi connectivity index (χ2n) is 7.59. The summed E-state index contributed by atoms with van der Waals surface area (Å²) < 4.78 is 14.2. The fraction of sp³-hybridized carbons (Fsp3) is 0.148. The number of allylic oxidation sites excluding steroid dienone is 8. The Balaban J connectivity index is 1.98. The first kappa shape index (κ1) is 21.1. The maximum Gasteiger partial charge on any atom is 0.124 e. The molecule has 156 valence electrons. The molecule has 0 radical (unpaired) electrons. The first-order valence-electron chi connectivity index (χ1n) is 10.3. The van der Waals surface area contributed by atoms with Crippen LogP contribution in [-0.2, 0) is 6.42 Å². The van der Waals surface area contributed by atoms with Gasteiger partial charge in [0.1, 0.15) is 5.83 Å². The molecule has 1 aliphatic heterocycles. The van der Waals surface area contributed by atoms with Crippen molar-refractivity contribution in [1.82, 2.24) is 9.88 Å². The number of aryl methyl sites for hydroxylation is 2. The second kappa shape index (κ2) is 8.52. The summed E-state index contributed by atoms with van der Waals surface area (Å²) in [5.41, 5.74) is 8.48. The lowest BCUT2D eigenvalue weighted by molar-refractivity contribution is 0.524. The number of nitrogens with zero attached hydrogens (tertiary/aromatic N) is 2. The normalized spacial score (nSPS) is 16.7. The van der Waals surface area contributed by atoms with Crippen molar-refractivity contribution in [2.75, 3.05) is 0 Å². The highest BCUT2D eigenvalue weighted by atomic mass is 35.5. The van der Waals surface area contributed by atoms with Crippen LogP contribution in [0.25, 0.3) is 11.1 Å². The Morgan fingerprint density at radius 2 is 2.03 bits per heavy atom. The topological polar surface area (TPSA) is 16.1 Å². The first-order valence-corrected chi connectivity index (χ1v) is 10.6. The molecule has 0 atom stereocenters. The van der Waals surface area contributed by atoms with Gasteiger partial charge in [0.15, 0.2) is 0 Å². The molecule has 1 aliphatic carbocycles. The van der Waals surface area contributed by atoms with Gasteiger partial charge in [-0.2, -0.15) is 0 Å². The molecule has 0 unspecified atom stereocenters. The zero-order valence-electron chi connectivity index (χ0n) is 17.8. The van der Waals surface area contributed by atoms with Crippen molar-refractivity contribution in [2.45, 2.75) is 26.7 Å². The van der Waals surface area contributed by atoms with Crippen molar-refractivity contribution in [2.24, 2.45) is 0 Å². The SMILES string of the molecule is C=C/C(F)=C\C(=C/C)N1C(=C)C(c2cccc(C)c2Cl)=CC2=C1CCc1cccnc12. The Labute approximate surface area is 188 Å². The predicted octanol–water partition coefficient (Wildman–Crippen LogP) is 7.56. The van der Waals surface area contributed by atoms with Crippen LogP contribution < -0.4 is 0 Å². The molecule has 0 fully saturated rings. The number of pyridine rings is 1. The van der Waals surface area contributed by atoms with E-state index >= 15 is 0 Å². The third kappa shape index (κ3) is 3.70. The van der Waals surface area contributed by atoms with Crippen LogP contribution in [0.4, 0.5) is 4.39 Å². The molecule has 31 heavy (non-hydrogen) atoms. The molecule has 0 bridgehead atoms. The lowest BCUT2D eigenvalue weighted by atomic mass is 9.85. The van der Waals surface area contributed by atoms with Crippen LogP contribution in [0, 0.1) is 6.92 Å². The maximum atomic E-state index is 14.2. The number of hydrogen-bond acceptors (Lipinski definition) is 2. The van der Waals surface area contributed by atoms with Gasteiger partial charge in [0.05, 0.1) is 10.7 Å². The zero-order valence-corrected chi connectivity index (χ0v) is 18.5. The van der Waals surface area contributed by atoms with E-state index in [2.05, 4.69) is 30.3 Å². The summed E-state index contributed by atoms with van der Waals surface area (Å²) in [5.74, 6) is -0.401. The molecular weight excluding hydrogens is 407 g/mol. The smallest absolute Gasteiger partial charge is 0.124 e. The van der Waals surface area contributed by atoms with E-state index < -0.39 is 5.83 Å². The third-order valence-electron chi connectivity index (χ3n) is 5.74. The van der Waals surface area contributed by atoms with Gasteiger partial charge in [0, 0.05) is 40.0 Å². The van der Waals surface area contributed by atoms with E-state index in [4.69, 9.17) is 11.6 Å².